The van der Waals surface area contributed by atoms with Crippen molar-refractivity contribution in [2.24, 2.45) is 11.8 Å². The molecule has 2 heterocycles. The summed E-state index contributed by atoms with van der Waals surface area (Å²) in [5.41, 5.74) is 0. The molecule has 0 aromatic carbocycles. The summed E-state index contributed by atoms with van der Waals surface area (Å²) in [5, 5.41) is 21.3. The zero-order valence-electron chi connectivity index (χ0n) is 13.9. The number of piperidine rings is 1. The third-order valence-corrected chi connectivity index (χ3v) is 5.33. The van der Waals surface area contributed by atoms with Crippen LogP contribution in [0, 0.1) is 11.8 Å². The van der Waals surface area contributed by atoms with E-state index in [9.17, 15) is 18.4 Å². The van der Waals surface area contributed by atoms with Crippen molar-refractivity contribution in [3.05, 3.63) is 0 Å². The van der Waals surface area contributed by atoms with Crippen LogP contribution in [-0.4, -0.2) is 64.7 Å². The molecule has 6 nitrogen and oxygen atoms in total. The molecular formula is C16H26F2N2O4. The lowest BCUT2D eigenvalue weighted by atomic mass is 9.79. The number of rotatable bonds is 7. The van der Waals surface area contributed by atoms with Crippen molar-refractivity contribution in [1.29, 1.82) is 0 Å². The van der Waals surface area contributed by atoms with Crippen molar-refractivity contribution in [1.82, 2.24) is 10.2 Å². The summed E-state index contributed by atoms with van der Waals surface area (Å²) in [5.74, 6) is -4.41. The van der Waals surface area contributed by atoms with E-state index in [2.05, 4.69) is 12.2 Å². The lowest BCUT2D eigenvalue weighted by Gasteiger charge is -2.35. The predicted molar refractivity (Wildman–Crippen MR) is 83.1 cm³/mol. The lowest BCUT2D eigenvalue weighted by molar-refractivity contribution is -0.143. The van der Waals surface area contributed by atoms with Crippen molar-refractivity contribution in [2.45, 2.75) is 57.0 Å². The number of carbonyl (C=O) groups is 2. The van der Waals surface area contributed by atoms with Crippen LogP contribution in [0.3, 0.4) is 0 Å². The Kier molecular flexibility index (Phi) is 6.14. The van der Waals surface area contributed by atoms with Crippen LogP contribution < -0.4 is 5.32 Å². The number of alkyl halides is 2. The van der Waals surface area contributed by atoms with E-state index in [1.165, 1.54) is 4.90 Å². The summed E-state index contributed by atoms with van der Waals surface area (Å²) in [6, 6.07) is -1.68. The number of nitrogens with one attached hydrogen (secondary N) is 1. The number of halogens is 2. The molecule has 0 aromatic rings. The highest BCUT2D eigenvalue weighted by molar-refractivity contribution is 5.74. The standard InChI is InChI=1S/C16H26F2N2O4/c1-2-10-8-19-12(14(21)22)6-11(10)4-3-5-20-9-16(17,18)7-13(20)15(23)24/h10-13,19H,2-9H2,1H3,(H,21,22)(H,23,24)/t10-,11+,12-,13-/m0/s1. The Bertz CT molecular complexity index is 475. The SMILES string of the molecule is CC[C@H]1CN[C@H](C(=O)O)C[C@H]1CCCN1CC(F)(F)C[C@H]1C(=O)O. The Hall–Kier alpha value is -1.28. The summed E-state index contributed by atoms with van der Waals surface area (Å²) in [4.78, 5) is 23.6. The number of aliphatic carboxylic acids is 2. The van der Waals surface area contributed by atoms with E-state index in [-0.39, 0.29) is 5.92 Å². The average Bonchev–Trinajstić information content (AvgIpc) is 2.82. The van der Waals surface area contributed by atoms with Gasteiger partial charge in [-0.05, 0) is 44.2 Å². The van der Waals surface area contributed by atoms with Crippen LogP contribution >= 0.6 is 0 Å². The first-order valence-corrected chi connectivity index (χ1v) is 8.54. The second-order valence-electron chi connectivity index (χ2n) is 6.99. The Morgan fingerprint density at radius 1 is 1.25 bits per heavy atom. The van der Waals surface area contributed by atoms with Crippen molar-refractivity contribution in [3.8, 4) is 0 Å². The van der Waals surface area contributed by atoms with Gasteiger partial charge in [0.05, 0.1) is 6.54 Å². The molecular weight excluding hydrogens is 322 g/mol. The van der Waals surface area contributed by atoms with Crippen LogP contribution in [0.5, 0.6) is 0 Å². The maximum Gasteiger partial charge on any atom is 0.321 e. The first-order chi connectivity index (χ1) is 11.2. The molecule has 3 N–H and O–H groups in total. The molecule has 138 valence electrons. The quantitative estimate of drug-likeness (QED) is 0.648. The van der Waals surface area contributed by atoms with Crippen LogP contribution in [0.15, 0.2) is 0 Å². The van der Waals surface area contributed by atoms with Gasteiger partial charge in [0.25, 0.3) is 5.92 Å². The van der Waals surface area contributed by atoms with Gasteiger partial charge >= 0.3 is 11.9 Å². The normalized spacial score (nSPS) is 33.5. The molecule has 0 amide bonds. The van der Waals surface area contributed by atoms with Gasteiger partial charge in [0.1, 0.15) is 12.1 Å². The smallest absolute Gasteiger partial charge is 0.321 e. The molecule has 4 atom stereocenters. The summed E-state index contributed by atoms with van der Waals surface area (Å²) >= 11 is 0. The number of likely N-dealkylation sites (tertiary alicyclic amines) is 1. The van der Waals surface area contributed by atoms with E-state index in [4.69, 9.17) is 10.2 Å². The van der Waals surface area contributed by atoms with E-state index in [1.807, 2.05) is 0 Å². The van der Waals surface area contributed by atoms with Gasteiger partial charge in [-0.15, -0.1) is 0 Å². The fraction of sp³-hybridized carbons (Fsp3) is 0.875. The summed E-state index contributed by atoms with van der Waals surface area (Å²) in [6.07, 6.45) is 2.18. The Labute approximate surface area is 140 Å². The average molecular weight is 348 g/mol. The van der Waals surface area contributed by atoms with Gasteiger partial charge in [-0.1, -0.05) is 13.3 Å². The number of nitrogens with zero attached hydrogens (tertiary/aromatic N) is 1. The fourth-order valence-corrected chi connectivity index (χ4v) is 3.98. The van der Waals surface area contributed by atoms with Gasteiger partial charge in [0.15, 0.2) is 0 Å². The summed E-state index contributed by atoms with van der Waals surface area (Å²) < 4.78 is 26.9. The minimum atomic E-state index is -2.95. The van der Waals surface area contributed by atoms with Crippen molar-refractivity contribution in [2.75, 3.05) is 19.6 Å². The molecule has 0 spiro atoms. The monoisotopic (exact) mass is 348 g/mol. The molecule has 24 heavy (non-hydrogen) atoms. The first kappa shape index (κ1) is 19.1. The largest absolute Gasteiger partial charge is 0.480 e. The third-order valence-electron chi connectivity index (χ3n) is 5.33. The minimum Gasteiger partial charge on any atom is -0.480 e. The van der Waals surface area contributed by atoms with Gasteiger partial charge in [-0.2, -0.15) is 0 Å². The van der Waals surface area contributed by atoms with E-state index >= 15 is 0 Å². The molecule has 2 rings (SSSR count). The van der Waals surface area contributed by atoms with Gasteiger partial charge < -0.3 is 15.5 Å². The molecule has 0 bridgehead atoms. The molecule has 8 heteroatoms. The molecule has 2 aliphatic heterocycles. The highest BCUT2D eigenvalue weighted by Crippen LogP contribution is 2.33. The topological polar surface area (TPSA) is 89.9 Å². The molecule has 2 saturated heterocycles. The van der Waals surface area contributed by atoms with Crippen LogP contribution in [0.4, 0.5) is 8.78 Å². The van der Waals surface area contributed by atoms with Gasteiger partial charge in [0, 0.05) is 6.42 Å². The molecule has 0 radical (unpaired) electrons. The van der Waals surface area contributed by atoms with E-state index in [0.717, 1.165) is 12.8 Å². The van der Waals surface area contributed by atoms with E-state index in [0.29, 0.717) is 31.8 Å². The molecule has 2 aliphatic rings. The Balaban J connectivity index is 1.87. The maximum absolute atomic E-state index is 13.5. The van der Waals surface area contributed by atoms with Crippen LogP contribution in [-0.2, 0) is 9.59 Å². The molecule has 0 unspecified atom stereocenters. The lowest BCUT2D eigenvalue weighted by Crippen LogP contribution is -2.48. The van der Waals surface area contributed by atoms with Crippen LogP contribution in [0.25, 0.3) is 0 Å². The number of hydrogen-bond acceptors (Lipinski definition) is 4. The second kappa shape index (κ2) is 7.74. The summed E-state index contributed by atoms with van der Waals surface area (Å²) in [7, 11) is 0. The van der Waals surface area contributed by atoms with E-state index < -0.39 is 42.9 Å². The predicted octanol–water partition coefficient (Wildman–Crippen LogP) is 1.65. The zero-order valence-corrected chi connectivity index (χ0v) is 13.9. The second-order valence-corrected chi connectivity index (χ2v) is 6.99. The number of carboxylic acid groups (broad SMARTS) is 2. The third kappa shape index (κ3) is 4.63. The molecule has 2 fully saturated rings. The molecule has 0 aliphatic carbocycles. The number of hydrogen-bond donors (Lipinski definition) is 3. The maximum atomic E-state index is 13.5. The minimum absolute atomic E-state index is 0.226. The molecule has 0 aromatic heterocycles. The highest BCUT2D eigenvalue weighted by Gasteiger charge is 2.47. The zero-order chi connectivity index (χ0) is 17.9. The van der Waals surface area contributed by atoms with Gasteiger partial charge in [-0.3, -0.25) is 14.5 Å². The van der Waals surface area contributed by atoms with Crippen LogP contribution in [0.1, 0.15) is 39.0 Å². The van der Waals surface area contributed by atoms with Crippen molar-refractivity contribution < 1.29 is 28.6 Å². The van der Waals surface area contributed by atoms with Crippen molar-refractivity contribution >= 4 is 11.9 Å². The number of carboxylic acids is 2. The fourth-order valence-electron chi connectivity index (χ4n) is 3.98. The van der Waals surface area contributed by atoms with Gasteiger partial charge in [0.2, 0.25) is 0 Å². The van der Waals surface area contributed by atoms with Crippen molar-refractivity contribution in [3.63, 3.8) is 0 Å². The Morgan fingerprint density at radius 3 is 2.54 bits per heavy atom. The molecule has 0 saturated carbocycles. The Morgan fingerprint density at radius 2 is 1.96 bits per heavy atom. The summed E-state index contributed by atoms with van der Waals surface area (Å²) in [6.45, 7) is 2.51. The highest BCUT2D eigenvalue weighted by atomic mass is 19.3. The first-order valence-electron chi connectivity index (χ1n) is 8.54. The van der Waals surface area contributed by atoms with E-state index in [1.54, 1.807) is 0 Å². The van der Waals surface area contributed by atoms with Gasteiger partial charge in [-0.25, -0.2) is 8.78 Å². The van der Waals surface area contributed by atoms with Crippen LogP contribution in [0.2, 0.25) is 0 Å².